The van der Waals surface area contributed by atoms with Crippen LogP contribution in [0, 0.1) is 17.1 Å². The highest BCUT2D eigenvalue weighted by Gasteiger charge is 2.31. The Bertz CT molecular complexity index is 1540. The van der Waals surface area contributed by atoms with Crippen molar-refractivity contribution in [3.63, 3.8) is 0 Å². The van der Waals surface area contributed by atoms with E-state index < -0.39 is 39.3 Å². The highest BCUT2D eigenvalue weighted by molar-refractivity contribution is 7.91. The van der Waals surface area contributed by atoms with Crippen molar-refractivity contribution in [2.75, 3.05) is 23.7 Å². The van der Waals surface area contributed by atoms with Gasteiger partial charge in [-0.05, 0) is 60.2 Å². The summed E-state index contributed by atoms with van der Waals surface area (Å²) in [6, 6.07) is 15.6. The lowest BCUT2D eigenvalue weighted by molar-refractivity contribution is -0.137. The highest BCUT2D eigenvalue weighted by Crippen LogP contribution is 2.31. The molecule has 4 rings (SSSR count). The maximum absolute atomic E-state index is 15.1. The summed E-state index contributed by atoms with van der Waals surface area (Å²) in [6.45, 7) is 2.42. The molecule has 1 amide bonds. The predicted octanol–water partition coefficient (Wildman–Crippen LogP) is 5.68. The monoisotopic (exact) mass is 589 g/mol. The lowest BCUT2D eigenvalue weighted by Gasteiger charge is -2.21. The smallest absolute Gasteiger partial charge is 0.416 e. The lowest BCUT2D eigenvalue weighted by atomic mass is 10.0. The minimum absolute atomic E-state index is 0.0652. The third-order valence-electron chi connectivity index (χ3n) is 6.81. The zero-order chi connectivity index (χ0) is 29.8. The van der Waals surface area contributed by atoms with Crippen molar-refractivity contribution in [1.29, 1.82) is 5.26 Å². The average Bonchev–Trinajstić information content (AvgIpc) is 3.41. The molecule has 7 nitrogen and oxygen atoms in total. The Balaban J connectivity index is 1.40. The lowest BCUT2D eigenvalue weighted by Crippen LogP contribution is -2.29. The summed E-state index contributed by atoms with van der Waals surface area (Å²) in [5.41, 5.74) is 0.0254. The number of nitrogens with zero attached hydrogens (tertiary/aromatic N) is 2. The Labute approximate surface area is 235 Å². The van der Waals surface area contributed by atoms with Crippen molar-refractivity contribution in [2.24, 2.45) is 0 Å². The zero-order valence-electron chi connectivity index (χ0n) is 22.0. The summed E-state index contributed by atoms with van der Waals surface area (Å²) in [5, 5.41) is 11.9. The molecule has 0 spiro atoms. The molecule has 0 aromatic heterocycles. The number of carbonyl (C=O) groups excluding carboxylic acids is 1. The molecule has 0 aliphatic carbocycles. The molecule has 0 saturated carbocycles. The normalized spacial score (nSPS) is 16.2. The molecular weight excluding hydrogens is 562 g/mol. The summed E-state index contributed by atoms with van der Waals surface area (Å²) in [6.07, 6.45) is -4.29. The van der Waals surface area contributed by atoms with Gasteiger partial charge in [-0.3, -0.25) is 4.79 Å². The van der Waals surface area contributed by atoms with Gasteiger partial charge in [-0.15, -0.1) is 0 Å². The fraction of sp³-hybridized carbons (Fsp3) is 0.310. The molecule has 1 fully saturated rings. The van der Waals surface area contributed by atoms with Gasteiger partial charge in [-0.25, -0.2) is 12.8 Å². The minimum Gasteiger partial charge on any atom is -0.489 e. The van der Waals surface area contributed by atoms with E-state index in [1.807, 2.05) is 11.0 Å². The summed E-state index contributed by atoms with van der Waals surface area (Å²) < 4.78 is 83.3. The number of hydrogen-bond donors (Lipinski definition) is 1. The molecule has 2 atom stereocenters. The number of carbonyl (C=O) groups is 1. The van der Waals surface area contributed by atoms with Gasteiger partial charge >= 0.3 is 6.18 Å². The number of halogens is 4. The van der Waals surface area contributed by atoms with E-state index >= 15 is 4.39 Å². The largest absolute Gasteiger partial charge is 0.489 e. The first-order valence-corrected chi connectivity index (χ1v) is 14.5. The quantitative estimate of drug-likeness (QED) is 0.323. The number of hydrogen-bond acceptors (Lipinski definition) is 6. The van der Waals surface area contributed by atoms with Gasteiger partial charge in [0.15, 0.2) is 9.84 Å². The van der Waals surface area contributed by atoms with E-state index in [1.54, 1.807) is 6.07 Å². The first-order chi connectivity index (χ1) is 19.4. The van der Waals surface area contributed by atoms with E-state index in [-0.39, 0.29) is 28.7 Å². The predicted molar refractivity (Wildman–Crippen MR) is 144 cm³/mol. The van der Waals surface area contributed by atoms with Crippen LogP contribution in [0.25, 0.3) is 0 Å². The maximum atomic E-state index is 15.1. The van der Waals surface area contributed by atoms with E-state index in [4.69, 9.17) is 4.74 Å². The van der Waals surface area contributed by atoms with E-state index in [0.29, 0.717) is 36.5 Å². The number of benzene rings is 3. The molecule has 1 aliphatic heterocycles. The van der Waals surface area contributed by atoms with Crippen molar-refractivity contribution in [2.45, 2.75) is 43.0 Å². The van der Waals surface area contributed by atoms with Crippen LogP contribution in [-0.4, -0.2) is 39.3 Å². The van der Waals surface area contributed by atoms with Gasteiger partial charge in [0.05, 0.1) is 46.9 Å². The van der Waals surface area contributed by atoms with Crippen LogP contribution in [0.4, 0.5) is 23.2 Å². The zero-order valence-corrected chi connectivity index (χ0v) is 22.8. The van der Waals surface area contributed by atoms with Gasteiger partial charge in [0.1, 0.15) is 17.7 Å². The van der Waals surface area contributed by atoms with Crippen molar-refractivity contribution < 1.29 is 35.5 Å². The van der Waals surface area contributed by atoms with Gasteiger partial charge in [-0.1, -0.05) is 19.1 Å². The molecule has 12 heteroatoms. The van der Waals surface area contributed by atoms with Crippen molar-refractivity contribution >= 4 is 21.4 Å². The number of ether oxygens (including phenoxy) is 1. The van der Waals surface area contributed by atoms with E-state index in [1.165, 1.54) is 55.5 Å². The SMILES string of the molecule is CCS(=O)(=O)c1ccc([C@@H](CC#N)NC(=O)c2ccc(N3CC[C@H](Oc4ccc(C(F)(F)F)cc4)C3)cc2F)cc1. The Morgan fingerprint density at radius 1 is 1.12 bits per heavy atom. The van der Waals surface area contributed by atoms with Crippen molar-refractivity contribution in [1.82, 2.24) is 5.32 Å². The first-order valence-electron chi connectivity index (χ1n) is 12.8. The number of rotatable bonds is 9. The van der Waals surface area contributed by atoms with Crippen LogP contribution in [0.3, 0.4) is 0 Å². The highest BCUT2D eigenvalue weighted by atomic mass is 32.2. The van der Waals surface area contributed by atoms with Gasteiger partial charge in [-0.2, -0.15) is 18.4 Å². The summed E-state index contributed by atoms with van der Waals surface area (Å²) in [4.78, 5) is 14.9. The molecule has 1 saturated heterocycles. The van der Waals surface area contributed by atoms with Crippen LogP contribution in [0.5, 0.6) is 5.75 Å². The van der Waals surface area contributed by atoms with Crippen LogP contribution in [-0.2, 0) is 16.0 Å². The minimum atomic E-state index is -4.43. The molecule has 1 heterocycles. The van der Waals surface area contributed by atoms with E-state index in [9.17, 15) is 31.6 Å². The van der Waals surface area contributed by atoms with Crippen LogP contribution in [0.1, 0.15) is 47.3 Å². The van der Waals surface area contributed by atoms with Crippen LogP contribution >= 0.6 is 0 Å². The molecule has 0 radical (unpaired) electrons. The summed E-state index contributed by atoms with van der Waals surface area (Å²) in [5.74, 6) is -1.27. The molecule has 216 valence electrons. The number of anilines is 1. The third kappa shape index (κ3) is 7.16. The summed E-state index contributed by atoms with van der Waals surface area (Å²) in [7, 11) is -3.41. The molecule has 1 aliphatic rings. The van der Waals surface area contributed by atoms with Crippen LogP contribution < -0.4 is 15.0 Å². The average molecular weight is 590 g/mol. The second-order valence-corrected chi connectivity index (χ2v) is 11.8. The van der Waals surface area contributed by atoms with Crippen LogP contribution in [0.15, 0.2) is 71.6 Å². The topological polar surface area (TPSA) is 99.5 Å². The molecule has 0 unspecified atom stereocenters. The molecule has 0 bridgehead atoms. The molecule has 3 aromatic rings. The number of sulfone groups is 1. The molecule has 1 N–H and O–H groups in total. The number of amides is 1. The fourth-order valence-corrected chi connectivity index (χ4v) is 5.40. The number of alkyl halides is 3. The second kappa shape index (κ2) is 12.2. The van der Waals surface area contributed by atoms with Gasteiger partial charge in [0, 0.05) is 18.7 Å². The Hall–Kier alpha value is -4.11. The van der Waals surface area contributed by atoms with Gasteiger partial charge in [0.2, 0.25) is 0 Å². The number of nitrogens with one attached hydrogen (secondary N) is 1. The summed E-state index contributed by atoms with van der Waals surface area (Å²) >= 11 is 0. The second-order valence-electron chi connectivity index (χ2n) is 9.52. The van der Waals surface area contributed by atoms with E-state index in [0.717, 1.165) is 12.1 Å². The first kappa shape index (κ1) is 29.9. The van der Waals surface area contributed by atoms with Gasteiger partial charge in [0.25, 0.3) is 5.91 Å². The van der Waals surface area contributed by atoms with Crippen LogP contribution in [0.2, 0.25) is 0 Å². The van der Waals surface area contributed by atoms with Gasteiger partial charge < -0.3 is 15.0 Å². The molecule has 3 aromatic carbocycles. The van der Waals surface area contributed by atoms with E-state index in [2.05, 4.69) is 5.32 Å². The third-order valence-corrected chi connectivity index (χ3v) is 8.56. The Kier molecular flexibility index (Phi) is 8.87. The number of nitriles is 1. The van der Waals surface area contributed by atoms with Crippen molar-refractivity contribution in [3.05, 3.63) is 89.2 Å². The molecular formula is C29H27F4N3O4S. The fourth-order valence-electron chi connectivity index (χ4n) is 4.51. The Morgan fingerprint density at radius 3 is 2.39 bits per heavy atom. The van der Waals surface area contributed by atoms with Crippen molar-refractivity contribution in [3.8, 4) is 11.8 Å². The molecule has 41 heavy (non-hydrogen) atoms. The Morgan fingerprint density at radius 2 is 1.80 bits per heavy atom. The maximum Gasteiger partial charge on any atom is 0.416 e. The standard InChI is InChI=1S/C29H27F4N3O4S/c1-2-41(38,39)24-10-3-19(4-11-24)27(13-15-34)35-28(37)25-12-7-21(17-26(25)30)36-16-14-23(18-36)40-22-8-5-20(6-9-22)29(31,32)33/h3-12,17,23,27H,2,13-14,16,18H2,1H3,(H,35,37)/t23-,27+/m0/s1.